The van der Waals surface area contributed by atoms with Gasteiger partial charge in [0.2, 0.25) is 0 Å². The van der Waals surface area contributed by atoms with Crippen molar-refractivity contribution in [2.75, 3.05) is 33.2 Å². The summed E-state index contributed by atoms with van der Waals surface area (Å²) in [5.41, 5.74) is 0. The molecule has 124 valence electrons. The van der Waals surface area contributed by atoms with Crippen molar-refractivity contribution in [3.05, 3.63) is 28.2 Å². The van der Waals surface area contributed by atoms with Gasteiger partial charge in [0.25, 0.3) is 0 Å². The van der Waals surface area contributed by atoms with Crippen molar-refractivity contribution >= 4 is 29.5 Å². The fourth-order valence-electron chi connectivity index (χ4n) is 1.77. The summed E-state index contributed by atoms with van der Waals surface area (Å²) in [6, 6.07) is 5.17. The molecule has 0 saturated carbocycles. The van der Waals surface area contributed by atoms with Crippen molar-refractivity contribution in [3.63, 3.8) is 0 Å². The van der Waals surface area contributed by atoms with Gasteiger partial charge in [-0.25, -0.2) is 0 Å². The normalized spacial score (nSPS) is 20.0. The maximum absolute atomic E-state index is 9.97. The van der Waals surface area contributed by atoms with Gasteiger partial charge in [-0.15, -0.1) is 0 Å². The lowest BCUT2D eigenvalue weighted by Gasteiger charge is -2.25. The average molecular weight is 348 g/mol. The molecule has 2 saturated heterocycles. The second-order valence-electron chi connectivity index (χ2n) is 5.13. The number of nitrogens with one attached hydrogen (secondary N) is 3. The van der Waals surface area contributed by atoms with Crippen LogP contribution in [0.5, 0.6) is 5.75 Å². The van der Waals surface area contributed by atoms with E-state index in [-0.39, 0.29) is 5.75 Å². The molecule has 2 aliphatic rings. The van der Waals surface area contributed by atoms with Gasteiger partial charge in [-0.1, -0.05) is 23.2 Å². The molecule has 0 radical (unpaired) electrons. The summed E-state index contributed by atoms with van der Waals surface area (Å²) in [4.78, 5) is 9.97. The largest absolute Gasteiger partial charge is 0.508 e. The van der Waals surface area contributed by atoms with Gasteiger partial charge < -0.3 is 25.9 Å². The highest BCUT2D eigenvalue weighted by atomic mass is 35.5. The summed E-state index contributed by atoms with van der Waals surface area (Å²) in [7, 11) is 1.99. The Kier molecular flexibility index (Phi) is 9.43. The van der Waals surface area contributed by atoms with E-state index in [9.17, 15) is 4.79 Å². The number of halogens is 2. The smallest absolute Gasteiger partial charge is 0.124 e. The van der Waals surface area contributed by atoms with Crippen molar-refractivity contribution in [2.24, 2.45) is 5.92 Å². The van der Waals surface area contributed by atoms with E-state index in [1.54, 1.807) is 6.07 Å². The maximum Gasteiger partial charge on any atom is 0.124 e. The van der Waals surface area contributed by atoms with Gasteiger partial charge in [0, 0.05) is 31.6 Å². The minimum absolute atomic E-state index is 0.129. The minimum Gasteiger partial charge on any atom is -0.508 e. The predicted octanol–water partition coefficient (Wildman–Crippen LogP) is 1.67. The van der Waals surface area contributed by atoms with Gasteiger partial charge in [0.15, 0.2) is 0 Å². The average Bonchev–Trinajstić information content (AvgIpc) is 2.97. The van der Waals surface area contributed by atoms with E-state index >= 15 is 0 Å². The molecule has 1 unspecified atom stereocenters. The van der Waals surface area contributed by atoms with E-state index in [1.807, 2.05) is 7.05 Å². The van der Waals surface area contributed by atoms with Crippen LogP contribution in [0.3, 0.4) is 0 Å². The summed E-state index contributed by atoms with van der Waals surface area (Å²) in [6.07, 6.45) is 2.06. The molecule has 2 fully saturated rings. The molecule has 0 spiro atoms. The molecule has 4 N–H and O–H groups in total. The van der Waals surface area contributed by atoms with Crippen molar-refractivity contribution in [2.45, 2.75) is 12.5 Å². The van der Waals surface area contributed by atoms with E-state index in [0.717, 1.165) is 44.9 Å². The number of rotatable bonds is 2. The van der Waals surface area contributed by atoms with Gasteiger partial charge in [-0.05, 0) is 38.2 Å². The predicted molar refractivity (Wildman–Crippen MR) is 90.9 cm³/mol. The molecule has 0 bridgehead atoms. The third kappa shape index (κ3) is 7.42. The molecular formula is C15H23Cl2N3O2. The van der Waals surface area contributed by atoms with Crippen molar-refractivity contribution < 1.29 is 9.90 Å². The first-order valence-electron chi connectivity index (χ1n) is 7.24. The summed E-state index contributed by atoms with van der Waals surface area (Å²) in [5.74, 6) is 0.435. The van der Waals surface area contributed by atoms with Gasteiger partial charge in [0.1, 0.15) is 12.0 Å². The Balaban J connectivity index is 0.000000169. The number of aromatic hydroxyl groups is 1. The standard InChI is InChI=1S/C6H4Cl2O.C5H9NO.C4H10N2/c7-5-2-1-4(9)3-6(5)8;7-4-5-1-2-6-3-5;1-5-4-2-6-3-4/h1-3,9H;4-6H,1-3H2;4-6H,2-3H2,1H3. The highest BCUT2D eigenvalue weighted by molar-refractivity contribution is 6.42. The first-order chi connectivity index (χ1) is 10.6. The van der Waals surface area contributed by atoms with E-state index < -0.39 is 0 Å². The Bertz CT molecular complexity index is 448. The molecule has 22 heavy (non-hydrogen) atoms. The lowest BCUT2D eigenvalue weighted by atomic mass is 10.2. The van der Waals surface area contributed by atoms with Gasteiger partial charge in [0.05, 0.1) is 10.0 Å². The van der Waals surface area contributed by atoms with Crippen LogP contribution >= 0.6 is 23.2 Å². The lowest BCUT2D eigenvalue weighted by molar-refractivity contribution is -0.110. The van der Waals surface area contributed by atoms with E-state index in [0.29, 0.717) is 16.0 Å². The van der Waals surface area contributed by atoms with E-state index in [2.05, 4.69) is 16.0 Å². The summed E-state index contributed by atoms with van der Waals surface area (Å²) in [5, 5.41) is 19.0. The van der Waals surface area contributed by atoms with Crippen LogP contribution in [-0.2, 0) is 4.79 Å². The molecule has 3 rings (SSSR count). The molecule has 2 heterocycles. The van der Waals surface area contributed by atoms with E-state index in [4.69, 9.17) is 28.3 Å². The summed E-state index contributed by atoms with van der Waals surface area (Å²) < 4.78 is 0. The Hall–Kier alpha value is -0.850. The quantitative estimate of drug-likeness (QED) is 0.612. The molecule has 0 aromatic heterocycles. The molecule has 0 aliphatic carbocycles. The number of hydrogen-bond donors (Lipinski definition) is 4. The van der Waals surface area contributed by atoms with Gasteiger partial charge >= 0.3 is 0 Å². The first kappa shape index (κ1) is 19.2. The van der Waals surface area contributed by atoms with Crippen LogP contribution in [0.15, 0.2) is 18.2 Å². The molecular weight excluding hydrogens is 325 g/mol. The second kappa shape index (κ2) is 10.8. The molecule has 5 nitrogen and oxygen atoms in total. The van der Waals surface area contributed by atoms with Crippen LogP contribution in [0.25, 0.3) is 0 Å². The van der Waals surface area contributed by atoms with Gasteiger partial charge in [-0.3, -0.25) is 0 Å². The number of carbonyl (C=O) groups is 1. The minimum atomic E-state index is 0.129. The zero-order valence-electron chi connectivity index (χ0n) is 12.6. The topological polar surface area (TPSA) is 73.4 Å². The van der Waals surface area contributed by atoms with Crippen LogP contribution in [0.2, 0.25) is 10.0 Å². The van der Waals surface area contributed by atoms with Crippen LogP contribution in [0.1, 0.15) is 6.42 Å². The molecule has 0 amide bonds. The van der Waals surface area contributed by atoms with Crippen LogP contribution in [0, 0.1) is 5.92 Å². The van der Waals surface area contributed by atoms with Crippen molar-refractivity contribution in [1.82, 2.24) is 16.0 Å². The number of likely N-dealkylation sites (N-methyl/N-ethyl adjacent to an activating group) is 1. The number of benzene rings is 1. The Morgan fingerprint density at radius 3 is 2.23 bits per heavy atom. The third-order valence-electron chi connectivity index (χ3n) is 3.38. The highest BCUT2D eigenvalue weighted by Crippen LogP contribution is 2.24. The number of carbonyl (C=O) groups excluding carboxylic acids is 1. The Labute approximate surface area is 141 Å². The maximum atomic E-state index is 9.97. The number of phenolic OH excluding ortho intramolecular Hbond substituents is 1. The zero-order valence-corrected chi connectivity index (χ0v) is 14.1. The molecule has 1 aromatic carbocycles. The number of phenols is 1. The van der Waals surface area contributed by atoms with Crippen molar-refractivity contribution in [1.29, 1.82) is 0 Å². The summed E-state index contributed by atoms with van der Waals surface area (Å²) in [6.45, 7) is 4.21. The second-order valence-corrected chi connectivity index (χ2v) is 5.95. The fraction of sp³-hybridized carbons (Fsp3) is 0.533. The number of hydrogen-bond acceptors (Lipinski definition) is 5. The Morgan fingerprint density at radius 2 is 1.95 bits per heavy atom. The zero-order chi connectivity index (χ0) is 16.4. The highest BCUT2D eigenvalue weighted by Gasteiger charge is 2.12. The fourth-order valence-corrected chi connectivity index (χ4v) is 2.06. The van der Waals surface area contributed by atoms with Crippen molar-refractivity contribution in [3.8, 4) is 5.75 Å². The lowest BCUT2D eigenvalue weighted by Crippen LogP contribution is -2.54. The molecule has 2 aliphatic heterocycles. The monoisotopic (exact) mass is 347 g/mol. The van der Waals surface area contributed by atoms with Crippen LogP contribution < -0.4 is 16.0 Å². The molecule has 1 aromatic rings. The van der Waals surface area contributed by atoms with Gasteiger partial charge in [-0.2, -0.15) is 0 Å². The molecule has 1 atom stereocenters. The molecule has 7 heteroatoms. The van der Waals surface area contributed by atoms with Crippen LogP contribution in [0.4, 0.5) is 0 Å². The first-order valence-corrected chi connectivity index (χ1v) is 8.00. The SMILES string of the molecule is CNC1CNC1.O=CC1CCNC1.Oc1ccc(Cl)c(Cl)c1. The Morgan fingerprint density at radius 1 is 1.23 bits per heavy atom. The number of aldehydes is 1. The van der Waals surface area contributed by atoms with Crippen LogP contribution in [-0.4, -0.2) is 50.7 Å². The third-order valence-corrected chi connectivity index (χ3v) is 4.12. The summed E-state index contributed by atoms with van der Waals surface area (Å²) >= 11 is 11.1. The van der Waals surface area contributed by atoms with E-state index in [1.165, 1.54) is 12.1 Å².